The summed E-state index contributed by atoms with van der Waals surface area (Å²) in [6.45, 7) is 3.27. The highest BCUT2D eigenvalue weighted by atomic mass is 19.4. The zero-order valence-electron chi connectivity index (χ0n) is 15.3. The molecule has 0 bridgehead atoms. The average Bonchev–Trinajstić information content (AvgIpc) is 3.24. The van der Waals surface area contributed by atoms with Gasteiger partial charge in [-0.25, -0.2) is 9.97 Å². The first kappa shape index (κ1) is 18.5. The smallest absolute Gasteiger partial charge is 0.416 e. The third kappa shape index (κ3) is 3.49. The number of anilines is 1. The highest BCUT2D eigenvalue weighted by molar-refractivity contribution is 5.90. The Morgan fingerprint density at radius 3 is 2.93 bits per heavy atom. The molecule has 1 fully saturated rings. The normalized spacial score (nSPS) is 20.1. The zero-order valence-corrected chi connectivity index (χ0v) is 15.3. The third-order valence-corrected chi connectivity index (χ3v) is 5.02. The fourth-order valence-corrected chi connectivity index (χ4v) is 3.52. The lowest BCUT2D eigenvalue weighted by Crippen LogP contribution is -2.48. The number of hydrogen-bond donors (Lipinski definition) is 2. The minimum Gasteiger partial charge on any atom is -0.492 e. The second kappa shape index (κ2) is 6.66. The fourth-order valence-electron chi connectivity index (χ4n) is 3.52. The van der Waals surface area contributed by atoms with E-state index in [0.29, 0.717) is 19.5 Å². The second-order valence-corrected chi connectivity index (χ2v) is 7.24. The average molecular weight is 391 g/mol. The number of rotatable bonds is 4. The van der Waals surface area contributed by atoms with E-state index in [1.165, 1.54) is 18.5 Å². The predicted octanol–water partition coefficient (Wildman–Crippen LogP) is 3.27. The van der Waals surface area contributed by atoms with Gasteiger partial charge in [0.25, 0.3) is 0 Å². The van der Waals surface area contributed by atoms with E-state index in [1.807, 2.05) is 13.1 Å². The molecular formula is C19H20F3N5O. The van der Waals surface area contributed by atoms with Crippen molar-refractivity contribution in [3.05, 3.63) is 47.9 Å². The van der Waals surface area contributed by atoms with Gasteiger partial charge in [-0.2, -0.15) is 13.2 Å². The standard InChI is InChI=1S/C19H20F3N5O/c1-12-8-24-16-15(12)17(26-11-25-16)27-6-5-18(23,9-27)10-28-14-4-2-3-13(7-14)19(20,21)22/h2-4,7-8,11H,5-6,9-10,23H2,1H3,(H,24,25,26)/t18-/m0/s1. The van der Waals surface area contributed by atoms with Crippen molar-refractivity contribution >= 4 is 16.9 Å². The Morgan fingerprint density at radius 2 is 2.14 bits per heavy atom. The minimum absolute atomic E-state index is 0.116. The van der Waals surface area contributed by atoms with Crippen LogP contribution in [0.25, 0.3) is 11.0 Å². The molecular weight excluding hydrogens is 371 g/mol. The van der Waals surface area contributed by atoms with Gasteiger partial charge in [0.15, 0.2) is 0 Å². The number of nitrogens with one attached hydrogen (secondary N) is 1. The van der Waals surface area contributed by atoms with Crippen LogP contribution in [0.2, 0.25) is 0 Å². The number of aromatic amines is 1. The first-order valence-corrected chi connectivity index (χ1v) is 8.88. The van der Waals surface area contributed by atoms with E-state index >= 15 is 0 Å². The summed E-state index contributed by atoms with van der Waals surface area (Å²) in [5.74, 6) is 0.958. The van der Waals surface area contributed by atoms with Crippen LogP contribution in [0.1, 0.15) is 17.5 Å². The van der Waals surface area contributed by atoms with Gasteiger partial charge in [-0.15, -0.1) is 0 Å². The molecule has 1 aliphatic heterocycles. The number of fused-ring (bicyclic) bond motifs is 1. The SMILES string of the molecule is Cc1c[nH]c2ncnc(N3CC[C@@](N)(COc4cccc(C(F)(F)F)c4)C3)c12. The number of hydrogen-bond acceptors (Lipinski definition) is 5. The molecule has 3 N–H and O–H groups in total. The molecule has 0 aliphatic carbocycles. The van der Waals surface area contributed by atoms with Crippen molar-refractivity contribution in [2.45, 2.75) is 25.1 Å². The van der Waals surface area contributed by atoms with Crippen LogP contribution in [0.4, 0.5) is 19.0 Å². The van der Waals surface area contributed by atoms with Gasteiger partial charge in [0.2, 0.25) is 0 Å². The predicted molar refractivity (Wildman–Crippen MR) is 99.3 cm³/mol. The second-order valence-electron chi connectivity index (χ2n) is 7.24. The molecule has 0 amide bonds. The van der Waals surface area contributed by atoms with Crippen molar-refractivity contribution in [2.75, 3.05) is 24.6 Å². The molecule has 9 heteroatoms. The van der Waals surface area contributed by atoms with Crippen LogP contribution in [0.5, 0.6) is 5.75 Å². The molecule has 3 heterocycles. The molecule has 4 rings (SSSR count). The Morgan fingerprint density at radius 1 is 1.32 bits per heavy atom. The molecule has 1 saturated heterocycles. The summed E-state index contributed by atoms with van der Waals surface area (Å²) in [6, 6.07) is 4.84. The summed E-state index contributed by atoms with van der Waals surface area (Å²) in [6.07, 6.45) is -0.383. The Hall–Kier alpha value is -2.81. The first-order valence-electron chi connectivity index (χ1n) is 8.88. The Labute approximate surface area is 159 Å². The van der Waals surface area contributed by atoms with Gasteiger partial charge in [0.05, 0.1) is 16.5 Å². The molecule has 0 radical (unpaired) electrons. The maximum absolute atomic E-state index is 12.9. The maximum atomic E-state index is 12.9. The summed E-state index contributed by atoms with van der Waals surface area (Å²) in [4.78, 5) is 13.8. The van der Waals surface area contributed by atoms with Crippen LogP contribution >= 0.6 is 0 Å². The van der Waals surface area contributed by atoms with Gasteiger partial charge in [0.1, 0.15) is 30.1 Å². The number of nitrogens with two attached hydrogens (primary N) is 1. The molecule has 1 aliphatic rings. The molecule has 2 aromatic heterocycles. The highest BCUT2D eigenvalue weighted by Crippen LogP contribution is 2.33. The number of benzene rings is 1. The molecule has 0 spiro atoms. The number of aryl methyl sites for hydroxylation is 1. The van der Waals surface area contributed by atoms with Gasteiger partial charge in [0, 0.05) is 19.3 Å². The van der Waals surface area contributed by atoms with Gasteiger partial charge < -0.3 is 20.4 Å². The van der Waals surface area contributed by atoms with E-state index in [4.69, 9.17) is 10.5 Å². The molecule has 148 valence electrons. The van der Waals surface area contributed by atoms with Crippen molar-refractivity contribution in [3.8, 4) is 5.75 Å². The Kier molecular flexibility index (Phi) is 4.41. The van der Waals surface area contributed by atoms with Crippen LogP contribution in [-0.4, -0.2) is 40.2 Å². The van der Waals surface area contributed by atoms with E-state index in [2.05, 4.69) is 19.9 Å². The molecule has 6 nitrogen and oxygen atoms in total. The number of nitrogens with zero attached hydrogens (tertiary/aromatic N) is 3. The molecule has 0 unspecified atom stereocenters. The van der Waals surface area contributed by atoms with Crippen molar-refractivity contribution in [2.24, 2.45) is 5.73 Å². The van der Waals surface area contributed by atoms with Crippen molar-refractivity contribution in [1.29, 1.82) is 0 Å². The number of alkyl halides is 3. The number of ether oxygens (including phenoxy) is 1. The van der Waals surface area contributed by atoms with E-state index in [9.17, 15) is 13.2 Å². The van der Waals surface area contributed by atoms with Crippen LogP contribution < -0.4 is 15.4 Å². The van der Waals surface area contributed by atoms with Crippen molar-refractivity contribution < 1.29 is 17.9 Å². The van der Waals surface area contributed by atoms with Crippen LogP contribution in [0, 0.1) is 6.92 Å². The molecule has 3 aromatic rings. The van der Waals surface area contributed by atoms with Crippen molar-refractivity contribution in [1.82, 2.24) is 15.0 Å². The van der Waals surface area contributed by atoms with Gasteiger partial charge in [-0.05, 0) is 37.1 Å². The number of H-pyrrole nitrogens is 1. The molecule has 28 heavy (non-hydrogen) atoms. The van der Waals surface area contributed by atoms with Crippen LogP contribution in [-0.2, 0) is 6.18 Å². The largest absolute Gasteiger partial charge is 0.492 e. The van der Waals surface area contributed by atoms with E-state index in [1.54, 1.807) is 0 Å². The number of aromatic nitrogens is 3. The lowest BCUT2D eigenvalue weighted by molar-refractivity contribution is -0.137. The maximum Gasteiger partial charge on any atom is 0.416 e. The summed E-state index contributed by atoms with van der Waals surface area (Å²) in [7, 11) is 0. The summed E-state index contributed by atoms with van der Waals surface area (Å²) in [5, 5.41) is 0.950. The van der Waals surface area contributed by atoms with Gasteiger partial charge in [-0.1, -0.05) is 6.07 Å². The molecule has 1 atom stereocenters. The highest BCUT2D eigenvalue weighted by Gasteiger charge is 2.37. The summed E-state index contributed by atoms with van der Waals surface area (Å²) >= 11 is 0. The van der Waals surface area contributed by atoms with Crippen LogP contribution in [0.3, 0.4) is 0 Å². The third-order valence-electron chi connectivity index (χ3n) is 5.02. The van der Waals surface area contributed by atoms with E-state index in [-0.39, 0.29) is 12.4 Å². The molecule has 1 aromatic carbocycles. The molecule has 0 saturated carbocycles. The van der Waals surface area contributed by atoms with E-state index in [0.717, 1.165) is 34.5 Å². The lowest BCUT2D eigenvalue weighted by Gasteiger charge is -2.25. The summed E-state index contributed by atoms with van der Waals surface area (Å²) in [5.41, 5.74) is 6.85. The van der Waals surface area contributed by atoms with Crippen LogP contribution in [0.15, 0.2) is 36.8 Å². The number of halogens is 3. The lowest BCUT2D eigenvalue weighted by atomic mass is 10.0. The fraction of sp³-hybridized carbons (Fsp3) is 0.368. The minimum atomic E-state index is -4.41. The van der Waals surface area contributed by atoms with Gasteiger partial charge >= 0.3 is 6.18 Å². The Bertz CT molecular complexity index is 1000. The van der Waals surface area contributed by atoms with Gasteiger partial charge in [-0.3, -0.25) is 0 Å². The monoisotopic (exact) mass is 391 g/mol. The Balaban J connectivity index is 1.48. The van der Waals surface area contributed by atoms with Crippen molar-refractivity contribution in [3.63, 3.8) is 0 Å². The zero-order chi connectivity index (χ0) is 19.9. The first-order chi connectivity index (χ1) is 13.3. The summed E-state index contributed by atoms with van der Waals surface area (Å²) < 4.78 is 44.2. The van der Waals surface area contributed by atoms with E-state index < -0.39 is 17.3 Å². The quantitative estimate of drug-likeness (QED) is 0.714. The topological polar surface area (TPSA) is 80.1 Å².